The molecule has 0 unspecified atom stereocenters. The van der Waals surface area contributed by atoms with Gasteiger partial charge in [-0.15, -0.1) is 0 Å². The van der Waals surface area contributed by atoms with Gasteiger partial charge in [-0.3, -0.25) is 4.79 Å². The molecule has 0 aromatic heterocycles. The second-order valence-electron chi connectivity index (χ2n) is 5.46. The van der Waals surface area contributed by atoms with Crippen molar-refractivity contribution in [2.24, 2.45) is 0 Å². The highest BCUT2D eigenvalue weighted by atomic mass is 32.2. The molecule has 0 radical (unpaired) electrons. The van der Waals surface area contributed by atoms with E-state index in [1.165, 1.54) is 12.1 Å². The number of carbonyl (C=O) groups excluding carboxylic acids is 1. The van der Waals surface area contributed by atoms with Crippen molar-refractivity contribution in [1.82, 2.24) is 9.62 Å². The van der Waals surface area contributed by atoms with Crippen molar-refractivity contribution >= 4 is 15.9 Å². The number of hydrogen-bond donors (Lipinski definition) is 1. The molecule has 0 saturated carbocycles. The lowest BCUT2D eigenvalue weighted by atomic mass is 10.3. The number of ether oxygens (including phenoxy) is 2. The van der Waals surface area contributed by atoms with Crippen molar-refractivity contribution in [3.63, 3.8) is 0 Å². The Morgan fingerprint density at radius 1 is 1.26 bits per heavy atom. The quantitative estimate of drug-likeness (QED) is 0.819. The second kappa shape index (κ2) is 7.76. The summed E-state index contributed by atoms with van der Waals surface area (Å²) in [6, 6.07) is 6.11. The predicted molar refractivity (Wildman–Crippen MR) is 84.8 cm³/mol. The van der Waals surface area contributed by atoms with Gasteiger partial charge < -0.3 is 14.4 Å². The van der Waals surface area contributed by atoms with Crippen LogP contribution in [0.2, 0.25) is 0 Å². The maximum atomic E-state index is 12.2. The molecule has 1 aliphatic heterocycles. The zero-order valence-corrected chi connectivity index (χ0v) is 14.1. The molecule has 23 heavy (non-hydrogen) atoms. The molecule has 1 aliphatic rings. The summed E-state index contributed by atoms with van der Waals surface area (Å²) >= 11 is 0. The van der Waals surface area contributed by atoms with Gasteiger partial charge in [-0.05, 0) is 38.1 Å². The Kier molecular flexibility index (Phi) is 5.97. The van der Waals surface area contributed by atoms with Gasteiger partial charge in [-0.25, -0.2) is 13.1 Å². The molecule has 0 atom stereocenters. The van der Waals surface area contributed by atoms with E-state index in [4.69, 9.17) is 9.47 Å². The van der Waals surface area contributed by atoms with E-state index >= 15 is 0 Å². The Bertz CT molecular complexity index is 622. The molecule has 2 rings (SSSR count). The first kappa shape index (κ1) is 17.7. The van der Waals surface area contributed by atoms with Gasteiger partial charge in [0.1, 0.15) is 5.75 Å². The summed E-state index contributed by atoms with van der Waals surface area (Å²) in [5.74, 6) is 0.347. The lowest BCUT2D eigenvalue weighted by molar-refractivity contribution is -0.133. The van der Waals surface area contributed by atoms with Crippen molar-refractivity contribution < 1.29 is 22.7 Å². The largest absolute Gasteiger partial charge is 0.491 e. The predicted octanol–water partition coefficient (Wildman–Crippen LogP) is 0.611. The number of rotatable bonds is 6. The third-order valence-electron chi connectivity index (χ3n) is 3.28. The van der Waals surface area contributed by atoms with Crippen LogP contribution in [0.1, 0.15) is 13.8 Å². The van der Waals surface area contributed by atoms with Crippen LogP contribution < -0.4 is 9.46 Å². The van der Waals surface area contributed by atoms with Crippen LogP contribution in [0.4, 0.5) is 0 Å². The van der Waals surface area contributed by atoms with E-state index in [1.54, 1.807) is 17.0 Å². The third kappa shape index (κ3) is 5.19. The van der Waals surface area contributed by atoms with Crippen LogP contribution in [0.25, 0.3) is 0 Å². The number of morpholine rings is 1. The van der Waals surface area contributed by atoms with Gasteiger partial charge in [0.2, 0.25) is 15.9 Å². The number of nitrogens with one attached hydrogen (secondary N) is 1. The first-order valence-corrected chi connectivity index (χ1v) is 8.99. The van der Waals surface area contributed by atoms with E-state index in [0.717, 1.165) is 0 Å². The van der Waals surface area contributed by atoms with E-state index in [9.17, 15) is 13.2 Å². The van der Waals surface area contributed by atoms with Gasteiger partial charge in [-0.2, -0.15) is 0 Å². The molecule has 1 aromatic carbocycles. The number of benzene rings is 1. The lowest BCUT2D eigenvalue weighted by Gasteiger charge is -2.26. The summed E-state index contributed by atoms with van der Waals surface area (Å²) in [6.07, 6.45) is 0.0155. The number of amides is 1. The topological polar surface area (TPSA) is 84.9 Å². The van der Waals surface area contributed by atoms with Gasteiger partial charge in [0, 0.05) is 13.1 Å². The average molecular weight is 342 g/mol. The van der Waals surface area contributed by atoms with E-state index in [2.05, 4.69) is 4.72 Å². The van der Waals surface area contributed by atoms with Gasteiger partial charge in [0.05, 0.1) is 30.8 Å². The molecule has 1 aromatic rings. The highest BCUT2D eigenvalue weighted by molar-refractivity contribution is 7.89. The van der Waals surface area contributed by atoms with Gasteiger partial charge in [0.25, 0.3) is 0 Å². The third-order valence-corrected chi connectivity index (χ3v) is 4.70. The fraction of sp³-hybridized carbons (Fsp3) is 0.533. The molecule has 1 amide bonds. The van der Waals surface area contributed by atoms with E-state index in [-0.39, 0.29) is 23.5 Å². The molecular formula is C15H22N2O5S. The maximum absolute atomic E-state index is 12.2. The van der Waals surface area contributed by atoms with Gasteiger partial charge in [-0.1, -0.05) is 0 Å². The maximum Gasteiger partial charge on any atom is 0.241 e. The molecule has 0 spiro atoms. The number of carbonyl (C=O) groups is 1. The van der Waals surface area contributed by atoms with Crippen LogP contribution in [-0.2, 0) is 19.6 Å². The monoisotopic (exact) mass is 342 g/mol. The number of hydrogen-bond acceptors (Lipinski definition) is 5. The first-order chi connectivity index (χ1) is 10.9. The number of nitrogens with zero attached hydrogens (tertiary/aromatic N) is 1. The summed E-state index contributed by atoms with van der Waals surface area (Å²) in [7, 11) is -3.72. The van der Waals surface area contributed by atoms with Crippen LogP contribution in [0.3, 0.4) is 0 Å². The molecule has 1 N–H and O–H groups in total. The van der Waals surface area contributed by atoms with Crippen molar-refractivity contribution in [2.45, 2.75) is 24.8 Å². The molecule has 7 nitrogen and oxygen atoms in total. The van der Waals surface area contributed by atoms with Gasteiger partial charge >= 0.3 is 0 Å². The Morgan fingerprint density at radius 2 is 1.87 bits per heavy atom. The Hall–Kier alpha value is -1.64. The minimum absolute atomic E-state index is 0.0155. The zero-order valence-electron chi connectivity index (χ0n) is 13.3. The fourth-order valence-corrected chi connectivity index (χ4v) is 3.11. The fourth-order valence-electron chi connectivity index (χ4n) is 2.13. The molecule has 1 saturated heterocycles. The molecule has 0 aliphatic carbocycles. The van der Waals surface area contributed by atoms with Gasteiger partial charge in [0.15, 0.2) is 0 Å². The minimum Gasteiger partial charge on any atom is -0.491 e. The van der Waals surface area contributed by atoms with Crippen molar-refractivity contribution in [3.8, 4) is 5.75 Å². The van der Waals surface area contributed by atoms with E-state index < -0.39 is 10.0 Å². The molecule has 0 bridgehead atoms. The lowest BCUT2D eigenvalue weighted by Crippen LogP contribution is -2.45. The number of sulfonamides is 1. The van der Waals surface area contributed by atoms with Crippen LogP contribution in [0.15, 0.2) is 29.2 Å². The van der Waals surface area contributed by atoms with Crippen LogP contribution in [0.5, 0.6) is 5.75 Å². The Balaban J connectivity index is 1.94. The van der Waals surface area contributed by atoms with Crippen LogP contribution >= 0.6 is 0 Å². The molecule has 1 heterocycles. The summed E-state index contributed by atoms with van der Waals surface area (Å²) in [5, 5.41) is 0. The van der Waals surface area contributed by atoms with Crippen molar-refractivity contribution in [2.75, 3.05) is 32.8 Å². The molecular weight excluding hydrogens is 320 g/mol. The van der Waals surface area contributed by atoms with Crippen molar-refractivity contribution in [3.05, 3.63) is 24.3 Å². The summed E-state index contributed by atoms with van der Waals surface area (Å²) < 4.78 is 37.4. The minimum atomic E-state index is -3.72. The Morgan fingerprint density at radius 3 is 2.43 bits per heavy atom. The highest BCUT2D eigenvalue weighted by Gasteiger charge is 2.20. The van der Waals surface area contributed by atoms with Crippen LogP contribution in [0, 0.1) is 0 Å². The zero-order chi connectivity index (χ0) is 16.9. The standard InChI is InChI=1S/C15H22N2O5S/c1-12(2)22-13-3-5-14(6-4-13)23(19,20)16-11-15(18)17-7-9-21-10-8-17/h3-6,12,16H,7-11H2,1-2H3. The van der Waals surface area contributed by atoms with Crippen LogP contribution in [-0.4, -0.2) is 58.2 Å². The molecule has 1 fully saturated rings. The summed E-state index contributed by atoms with van der Waals surface area (Å²) in [6.45, 7) is 5.47. The Labute approximate surface area is 136 Å². The van der Waals surface area contributed by atoms with E-state index in [0.29, 0.717) is 32.1 Å². The molecule has 128 valence electrons. The summed E-state index contributed by atoms with van der Waals surface area (Å²) in [5.41, 5.74) is 0. The first-order valence-electron chi connectivity index (χ1n) is 7.50. The average Bonchev–Trinajstić information content (AvgIpc) is 2.53. The molecule has 8 heteroatoms. The van der Waals surface area contributed by atoms with Crippen molar-refractivity contribution in [1.29, 1.82) is 0 Å². The van der Waals surface area contributed by atoms with E-state index in [1.807, 2.05) is 13.8 Å². The smallest absolute Gasteiger partial charge is 0.241 e. The normalized spacial score (nSPS) is 15.7. The highest BCUT2D eigenvalue weighted by Crippen LogP contribution is 2.17. The second-order valence-corrected chi connectivity index (χ2v) is 7.22. The summed E-state index contributed by atoms with van der Waals surface area (Å²) in [4.78, 5) is 13.7. The SMILES string of the molecule is CC(C)Oc1ccc(S(=O)(=O)NCC(=O)N2CCOCC2)cc1.